The van der Waals surface area contributed by atoms with Crippen LogP contribution >= 0.6 is 0 Å². The Morgan fingerprint density at radius 2 is 1.84 bits per heavy atom. The molecular weight excluding hydrogens is 323 g/mol. The van der Waals surface area contributed by atoms with Crippen LogP contribution in [0.1, 0.15) is 38.3 Å². The van der Waals surface area contributed by atoms with E-state index in [1.165, 1.54) is 11.0 Å². The Kier molecular flexibility index (Phi) is 5.08. The molecule has 0 saturated carbocycles. The number of nitrogens with zero attached hydrogens (tertiary/aromatic N) is 2. The second kappa shape index (κ2) is 7.12. The molecule has 0 aliphatic carbocycles. The monoisotopic (exact) mass is 348 g/mol. The minimum absolute atomic E-state index is 0.0189. The third-order valence-electron chi connectivity index (χ3n) is 5.13. The molecule has 0 bridgehead atoms. The molecule has 0 aromatic heterocycles. The molecule has 0 radical (unpaired) electrons. The lowest BCUT2D eigenvalue weighted by molar-refractivity contribution is -0.154. The van der Waals surface area contributed by atoms with Crippen molar-refractivity contribution in [2.45, 2.75) is 44.9 Å². The van der Waals surface area contributed by atoms with E-state index < -0.39 is 12.0 Å². The molecule has 2 heterocycles. The van der Waals surface area contributed by atoms with E-state index in [9.17, 15) is 14.0 Å². The Morgan fingerprint density at radius 1 is 1.20 bits per heavy atom. The van der Waals surface area contributed by atoms with Gasteiger partial charge in [-0.2, -0.15) is 0 Å². The Morgan fingerprint density at radius 3 is 2.48 bits per heavy atom. The number of piperidine rings is 1. The Labute approximate surface area is 147 Å². The lowest BCUT2D eigenvalue weighted by Crippen LogP contribution is -2.53. The summed E-state index contributed by atoms with van der Waals surface area (Å²) in [7, 11) is 1.66. The zero-order chi connectivity index (χ0) is 18.1. The van der Waals surface area contributed by atoms with Gasteiger partial charge in [0, 0.05) is 32.1 Å². The first-order valence-electron chi connectivity index (χ1n) is 8.82. The first kappa shape index (κ1) is 17.9. The van der Waals surface area contributed by atoms with Crippen LogP contribution in [0.15, 0.2) is 24.3 Å². The Balaban J connectivity index is 1.91. The van der Waals surface area contributed by atoms with E-state index in [0.717, 1.165) is 0 Å². The van der Waals surface area contributed by atoms with Gasteiger partial charge in [-0.15, -0.1) is 0 Å². The molecule has 5 nitrogen and oxygen atoms in total. The van der Waals surface area contributed by atoms with E-state index in [1.807, 2.05) is 13.8 Å². The number of hydrogen-bond acceptors (Lipinski definition) is 3. The molecule has 2 amide bonds. The molecule has 2 saturated heterocycles. The maximum absolute atomic E-state index is 14.4. The number of carbonyl (C=O) groups is 2. The number of amides is 2. The van der Waals surface area contributed by atoms with Gasteiger partial charge in [-0.05, 0) is 26.3 Å². The minimum atomic E-state index is -0.566. The van der Waals surface area contributed by atoms with Crippen LogP contribution in [0.3, 0.4) is 0 Å². The first-order chi connectivity index (χ1) is 11.9. The van der Waals surface area contributed by atoms with Gasteiger partial charge in [-0.3, -0.25) is 9.59 Å². The molecule has 136 valence electrons. The fourth-order valence-corrected chi connectivity index (χ4v) is 4.03. The summed E-state index contributed by atoms with van der Waals surface area (Å²) in [5.41, 5.74) is 0.408. The molecule has 3 rings (SSSR count). The SMILES string of the molecule is C[C@@H]1CN(C(=O)[C@@H]2CCC(=O)N(C)[C@@H]2c2ccccc2F)C[C@H](C)O1. The highest BCUT2D eigenvalue weighted by atomic mass is 19.1. The number of rotatable bonds is 2. The largest absolute Gasteiger partial charge is 0.372 e. The van der Waals surface area contributed by atoms with Crippen molar-refractivity contribution in [3.8, 4) is 0 Å². The Hall–Kier alpha value is -1.95. The predicted octanol–water partition coefficient (Wildman–Crippen LogP) is 2.37. The van der Waals surface area contributed by atoms with Gasteiger partial charge >= 0.3 is 0 Å². The summed E-state index contributed by atoms with van der Waals surface area (Å²) in [5.74, 6) is -0.886. The number of hydrogen-bond donors (Lipinski definition) is 0. The minimum Gasteiger partial charge on any atom is -0.372 e. The van der Waals surface area contributed by atoms with Gasteiger partial charge < -0.3 is 14.5 Å². The second-order valence-corrected chi connectivity index (χ2v) is 7.12. The molecule has 4 atom stereocenters. The fraction of sp³-hybridized carbons (Fsp3) is 0.579. The van der Waals surface area contributed by atoms with Crippen LogP contribution in [0.25, 0.3) is 0 Å². The molecule has 1 aromatic carbocycles. The highest BCUT2D eigenvalue weighted by molar-refractivity contribution is 5.85. The summed E-state index contributed by atoms with van der Waals surface area (Å²) in [6, 6.07) is 5.84. The van der Waals surface area contributed by atoms with Crippen molar-refractivity contribution >= 4 is 11.8 Å². The van der Waals surface area contributed by atoms with Gasteiger partial charge in [0.05, 0.1) is 24.2 Å². The number of benzene rings is 1. The van der Waals surface area contributed by atoms with E-state index in [1.54, 1.807) is 30.1 Å². The maximum atomic E-state index is 14.4. The topological polar surface area (TPSA) is 49.9 Å². The lowest BCUT2D eigenvalue weighted by Gasteiger charge is -2.43. The van der Waals surface area contributed by atoms with Gasteiger partial charge in [0.1, 0.15) is 5.82 Å². The first-order valence-corrected chi connectivity index (χ1v) is 8.82. The predicted molar refractivity (Wildman–Crippen MR) is 91.2 cm³/mol. The molecule has 0 N–H and O–H groups in total. The summed E-state index contributed by atoms with van der Waals surface area (Å²) >= 11 is 0. The molecule has 2 fully saturated rings. The summed E-state index contributed by atoms with van der Waals surface area (Å²) in [4.78, 5) is 28.7. The molecule has 0 spiro atoms. The fourth-order valence-electron chi connectivity index (χ4n) is 4.03. The molecule has 2 aliphatic rings. The van der Waals surface area contributed by atoms with E-state index in [-0.39, 0.29) is 29.8 Å². The summed E-state index contributed by atoms with van der Waals surface area (Å²) in [6.45, 7) is 4.95. The van der Waals surface area contributed by atoms with E-state index in [0.29, 0.717) is 31.5 Å². The number of carbonyl (C=O) groups excluding carboxylic acids is 2. The molecule has 0 unspecified atom stereocenters. The zero-order valence-electron chi connectivity index (χ0n) is 14.9. The lowest BCUT2D eigenvalue weighted by atomic mass is 9.83. The van der Waals surface area contributed by atoms with Crippen molar-refractivity contribution in [2.75, 3.05) is 20.1 Å². The third kappa shape index (κ3) is 3.54. The quantitative estimate of drug-likeness (QED) is 0.824. The molecule has 2 aliphatic heterocycles. The van der Waals surface area contributed by atoms with Gasteiger partial charge in [0.2, 0.25) is 11.8 Å². The van der Waals surface area contributed by atoms with Crippen LogP contribution in [0.5, 0.6) is 0 Å². The molecule has 1 aromatic rings. The highest BCUT2D eigenvalue weighted by Gasteiger charge is 2.42. The number of halogens is 1. The molecular formula is C19H25FN2O3. The van der Waals surface area contributed by atoms with Gasteiger partial charge in [-0.1, -0.05) is 18.2 Å². The van der Waals surface area contributed by atoms with Gasteiger partial charge in [0.15, 0.2) is 0 Å². The van der Waals surface area contributed by atoms with Crippen LogP contribution in [0.4, 0.5) is 4.39 Å². The molecule has 6 heteroatoms. The number of likely N-dealkylation sites (tertiary alicyclic amines) is 1. The van der Waals surface area contributed by atoms with Crippen molar-refractivity contribution in [3.05, 3.63) is 35.6 Å². The zero-order valence-corrected chi connectivity index (χ0v) is 14.9. The normalized spacial score (nSPS) is 30.5. The number of morpholine rings is 1. The van der Waals surface area contributed by atoms with Crippen molar-refractivity contribution in [1.82, 2.24) is 9.80 Å². The van der Waals surface area contributed by atoms with Crippen LogP contribution < -0.4 is 0 Å². The van der Waals surface area contributed by atoms with E-state index in [2.05, 4.69) is 0 Å². The van der Waals surface area contributed by atoms with E-state index in [4.69, 9.17) is 4.74 Å². The van der Waals surface area contributed by atoms with Crippen molar-refractivity contribution in [2.24, 2.45) is 5.92 Å². The number of ether oxygens (including phenoxy) is 1. The smallest absolute Gasteiger partial charge is 0.228 e. The maximum Gasteiger partial charge on any atom is 0.228 e. The van der Waals surface area contributed by atoms with Gasteiger partial charge in [-0.25, -0.2) is 4.39 Å². The van der Waals surface area contributed by atoms with Crippen LogP contribution in [-0.2, 0) is 14.3 Å². The van der Waals surface area contributed by atoms with E-state index >= 15 is 0 Å². The summed E-state index contributed by atoms with van der Waals surface area (Å²) in [5, 5.41) is 0. The standard InChI is InChI=1S/C19H25FN2O3/c1-12-10-22(11-13(2)25-12)19(24)15-8-9-17(23)21(3)18(15)14-6-4-5-7-16(14)20/h4-7,12-13,15,18H,8-11H2,1-3H3/t12-,13+,15-,18-/m1/s1. The molecule has 25 heavy (non-hydrogen) atoms. The summed E-state index contributed by atoms with van der Waals surface area (Å²) < 4.78 is 20.1. The van der Waals surface area contributed by atoms with Crippen LogP contribution in [-0.4, -0.2) is 54.0 Å². The van der Waals surface area contributed by atoms with Crippen LogP contribution in [0, 0.1) is 11.7 Å². The second-order valence-electron chi connectivity index (χ2n) is 7.12. The van der Waals surface area contributed by atoms with Crippen molar-refractivity contribution in [1.29, 1.82) is 0 Å². The van der Waals surface area contributed by atoms with Gasteiger partial charge in [0.25, 0.3) is 0 Å². The average molecular weight is 348 g/mol. The Bertz CT molecular complexity index is 656. The van der Waals surface area contributed by atoms with Crippen molar-refractivity contribution < 1.29 is 18.7 Å². The highest BCUT2D eigenvalue weighted by Crippen LogP contribution is 2.38. The van der Waals surface area contributed by atoms with Crippen molar-refractivity contribution in [3.63, 3.8) is 0 Å². The van der Waals surface area contributed by atoms with Crippen LogP contribution in [0.2, 0.25) is 0 Å². The third-order valence-corrected chi connectivity index (χ3v) is 5.13. The summed E-state index contributed by atoms with van der Waals surface area (Å²) in [6.07, 6.45) is 0.708. The average Bonchev–Trinajstić information content (AvgIpc) is 2.56.